The minimum Gasteiger partial charge on any atom is -0.396 e. The van der Waals surface area contributed by atoms with Crippen molar-refractivity contribution in [2.75, 3.05) is 20.7 Å². The van der Waals surface area contributed by atoms with E-state index in [1.54, 1.807) is 11.3 Å². The van der Waals surface area contributed by atoms with Crippen molar-refractivity contribution < 1.29 is 5.11 Å². The highest BCUT2D eigenvalue weighted by molar-refractivity contribution is 9.10. The van der Waals surface area contributed by atoms with Crippen LogP contribution in [0.1, 0.15) is 23.8 Å². The molecule has 1 atom stereocenters. The lowest BCUT2D eigenvalue weighted by molar-refractivity contribution is 0.237. The zero-order valence-electron chi connectivity index (χ0n) is 8.53. The molecular formula is C10H16BrNOS. The van der Waals surface area contributed by atoms with Crippen molar-refractivity contribution in [1.82, 2.24) is 4.90 Å². The standard InChI is InChI=1S/C10H16BrNOS/c1-12(2)9(4-3-5-13)10-6-8(11)7-14-10/h6-7,9,13H,3-5H2,1-2H3. The van der Waals surface area contributed by atoms with E-state index < -0.39 is 0 Å². The van der Waals surface area contributed by atoms with E-state index in [0.717, 1.165) is 17.3 Å². The van der Waals surface area contributed by atoms with Crippen molar-refractivity contribution in [2.24, 2.45) is 0 Å². The normalized spacial score (nSPS) is 13.5. The van der Waals surface area contributed by atoms with Gasteiger partial charge < -0.3 is 10.0 Å². The van der Waals surface area contributed by atoms with Crippen molar-refractivity contribution in [3.05, 3.63) is 20.8 Å². The lowest BCUT2D eigenvalue weighted by Gasteiger charge is -2.22. The van der Waals surface area contributed by atoms with Gasteiger partial charge in [-0.15, -0.1) is 11.3 Å². The maximum absolute atomic E-state index is 8.82. The van der Waals surface area contributed by atoms with Gasteiger partial charge in [-0.3, -0.25) is 0 Å². The summed E-state index contributed by atoms with van der Waals surface area (Å²) in [6.45, 7) is 0.275. The van der Waals surface area contributed by atoms with E-state index in [2.05, 4.69) is 46.4 Å². The molecule has 80 valence electrons. The second kappa shape index (κ2) is 5.85. The molecule has 0 aromatic carbocycles. The maximum atomic E-state index is 8.82. The highest BCUT2D eigenvalue weighted by atomic mass is 79.9. The lowest BCUT2D eigenvalue weighted by atomic mass is 10.1. The van der Waals surface area contributed by atoms with E-state index >= 15 is 0 Å². The van der Waals surface area contributed by atoms with Gasteiger partial charge in [-0.2, -0.15) is 0 Å². The second-order valence-corrected chi connectivity index (χ2v) is 5.37. The van der Waals surface area contributed by atoms with Crippen LogP contribution in [0.15, 0.2) is 15.9 Å². The van der Waals surface area contributed by atoms with Gasteiger partial charge in [0.2, 0.25) is 0 Å². The van der Waals surface area contributed by atoms with Crippen molar-refractivity contribution in [1.29, 1.82) is 0 Å². The zero-order valence-corrected chi connectivity index (χ0v) is 10.9. The van der Waals surface area contributed by atoms with Gasteiger partial charge >= 0.3 is 0 Å². The van der Waals surface area contributed by atoms with E-state index in [0.29, 0.717) is 6.04 Å². The fourth-order valence-corrected chi connectivity index (χ4v) is 3.12. The van der Waals surface area contributed by atoms with Crippen molar-refractivity contribution in [3.63, 3.8) is 0 Å². The molecule has 1 unspecified atom stereocenters. The first-order valence-electron chi connectivity index (χ1n) is 4.66. The molecule has 1 aromatic heterocycles. The van der Waals surface area contributed by atoms with Crippen LogP contribution in [0.4, 0.5) is 0 Å². The molecule has 0 spiro atoms. The third-order valence-corrected chi connectivity index (χ3v) is 3.97. The maximum Gasteiger partial charge on any atom is 0.0436 e. The molecule has 1 heterocycles. The summed E-state index contributed by atoms with van der Waals surface area (Å²) < 4.78 is 1.15. The molecular weight excluding hydrogens is 262 g/mol. The van der Waals surface area contributed by atoms with Crippen LogP contribution in [0.5, 0.6) is 0 Å². The van der Waals surface area contributed by atoms with Crippen LogP contribution in [-0.4, -0.2) is 30.7 Å². The molecule has 1 aromatic rings. The quantitative estimate of drug-likeness (QED) is 0.895. The molecule has 4 heteroatoms. The lowest BCUT2D eigenvalue weighted by Crippen LogP contribution is -2.19. The van der Waals surface area contributed by atoms with E-state index in [4.69, 9.17) is 5.11 Å². The molecule has 0 saturated carbocycles. The Morgan fingerprint density at radius 1 is 1.57 bits per heavy atom. The Morgan fingerprint density at radius 3 is 2.71 bits per heavy atom. The Labute approximate surface area is 97.7 Å². The van der Waals surface area contributed by atoms with Crippen molar-refractivity contribution in [2.45, 2.75) is 18.9 Å². The number of aliphatic hydroxyl groups excluding tert-OH is 1. The average Bonchev–Trinajstić information content (AvgIpc) is 2.52. The van der Waals surface area contributed by atoms with Gasteiger partial charge in [-0.25, -0.2) is 0 Å². The molecule has 0 fully saturated rings. The van der Waals surface area contributed by atoms with Gasteiger partial charge in [-0.05, 0) is 48.9 Å². The van der Waals surface area contributed by atoms with Crippen LogP contribution in [0.25, 0.3) is 0 Å². The number of rotatable bonds is 5. The minimum absolute atomic E-state index is 0.275. The molecule has 0 aliphatic heterocycles. The second-order valence-electron chi connectivity index (χ2n) is 3.51. The fraction of sp³-hybridized carbons (Fsp3) is 0.600. The third-order valence-electron chi connectivity index (χ3n) is 2.18. The first kappa shape index (κ1) is 12.2. The molecule has 0 bridgehead atoms. The van der Waals surface area contributed by atoms with Gasteiger partial charge in [0, 0.05) is 27.4 Å². The van der Waals surface area contributed by atoms with Crippen LogP contribution in [0, 0.1) is 0 Å². The minimum atomic E-state index is 0.275. The number of hydrogen-bond donors (Lipinski definition) is 1. The van der Waals surface area contributed by atoms with Gasteiger partial charge in [0.1, 0.15) is 0 Å². The largest absolute Gasteiger partial charge is 0.396 e. The summed E-state index contributed by atoms with van der Waals surface area (Å²) in [7, 11) is 4.16. The summed E-state index contributed by atoms with van der Waals surface area (Å²) in [5.74, 6) is 0. The Hall–Kier alpha value is 0.1000. The van der Waals surface area contributed by atoms with Crippen LogP contribution >= 0.6 is 27.3 Å². The van der Waals surface area contributed by atoms with Gasteiger partial charge in [-0.1, -0.05) is 0 Å². The molecule has 1 rings (SSSR count). The van der Waals surface area contributed by atoms with E-state index in [-0.39, 0.29) is 6.61 Å². The zero-order chi connectivity index (χ0) is 10.6. The predicted molar refractivity (Wildman–Crippen MR) is 64.8 cm³/mol. The van der Waals surface area contributed by atoms with Crippen molar-refractivity contribution >= 4 is 27.3 Å². The Morgan fingerprint density at radius 2 is 2.29 bits per heavy atom. The molecule has 0 amide bonds. The molecule has 1 N–H and O–H groups in total. The van der Waals surface area contributed by atoms with Crippen molar-refractivity contribution in [3.8, 4) is 0 Å². The molecule has 2 nitrogen and oxygen atoms in total. The summed E-state index contributed by atoms with van der Waals surface area (Å²) >= 11 is 5.23. The number of thiophene rings is 1. The molecule has 0 saturated heterocycles. The number of aliphatic hydroxyl groups is 1. The monoisotopic (exact) mass is 277 g/mol. The summed E-state index contributed by atoms with van der Waals surface area (Å²) in [6.07, 6.45) is 1.87. The molecule has 0 radical (unpaired) electrons. The first-order chi connectivity index (χ1) is 6.65. The SMILES string of the molecule is CN(C)C(CCCO)c1cc(Br)cs1. The van der Waals surface area contributed by atoms with E-state index in [1.165, 1.54) is 4.88 Å². The molecule has 0 aliphatic rings. The van der Waals surface area contributed by atoms with E-state index in [9.17, 15) is 0 Å². The summed E-state index contributed by atoms with van der Waals surface area (Å²) in [6, 6.07) is 2.59. The van der Waals surface area contributed by atoms with Gasteiger partial charge in [0.25, 0.3) is 0 Å². The van der Waals surface area contributed by atoms with Crippen LogP contribution < -0.4 is 0 Å². The molecule has 14 heavy (non-hydrogen) atoms. The summed E-state index contributed by atoms with van der Waals surface area (Å²) in [5.41, 5.74) is 0. The van der Waals surface area contributed by atoms with Gasteiger partial charge in [0.15, 0.2) is 0 Å². The van der Waals surface area contributed by atoms with Crippen LogP contribution in [0.2, 0.25) is 0 Å². The predicted octanol–water partition coefficient (Wildman–Crippen LogP) is 2.89. The third kappa shape index (κ3) is 3.35. The number of halogens is 1. The van der Waals surface area contributed by atoms with E-state index in [1.807, 2.05) is 0 Å². The number of nitrogens with zero attached hydrogens (tertiary/aromatic N) is 1. The van der Waals surface area contributed by atoms with Gasteiger partial charge in [0.05, 0.1) is 0 Å². The van der Waals surface area contributed by atoms with Crippen LogP contribution in [-0.2, 0) is 0 Å². The topological polar surface area (TPSA) is 23.5 Å². The summed E-state index contributed by atoms with van der Waals surface area (Å²) in [4.78, 5) is 3.56. The average molecular weight is 278 g/mol. The summed E-state index contributed by atoms with van der Waals surface area (Å²) in [5, 5.41) is 10.9. The highest BCUT2D eigenvalue weighted by Gasteiger charge is 2.15. The van der Waals surface area contributed by atoms with Crippen LogP contribution in [0.3, 0.4) is 0 Å². The Balaban J connectivity index is 2.67. The molecule has 0 aliphatic carbocycles. The number of hydrogen-bond acceptors (Lipinski definition) is 3. The fourth-order valence-electron chi connectivity index (χ4n) is 1.44. The highest BCUT2D eigenvalue weighted by Crippen LogP contribution is 2.31. The first-order valence-corrected chi connectivity index (χ1v) is 6.33. The smallest absolute Gasteiger partial charge is 0.0436 e. The Bertz CT molecular complexity index is 275. The Kier molecular flexibility index (Phi) is 5.09.